The van der Waals surface area contributed by atoms with Crippen LogP contribution in [0.5, 0.6) is 0 Å². The van der Waals surface area contributed by atoms with Crippen molar-refractivity contribution in [2.75, 3.05) is 13.1 Å². The van der Waals surface area contributed by atoms with Crippen molar-refractivity contribution >= 4 is 24.3 Å². The van der Waals surface area contributed by atoms with Crippen molar-refractivity contribution in [3.05, 3.63) is 35.4 Å². The van der Waals surface area contributed by atoms with Gasteiger partial charge in [-0.3, -0.25) is 4.79 Å². The molecule has 23 heavy (non-hydrogen) atoms. The van der Waals surface area contributed by atoms with Gasteiger partial charge in [-0.2, -0.15) is 0 Å². The van der Waals surface area contributed by atoms with Gasteiger partial charge in [-0.1, -0.05) is 31.2 Å². The molecule has 0 aliphatic heterocycles. The molecule has 1 aromatic rings. The van der Waals surface area contributed by atoms with Crippen molar-refractivity contribution in [2.24, 2.45) is 5.73 Å². The normalized spacial score (nSPS) is 12.7. The summed E-state index contributed by atoms with van der Waals surface area (Å²) in [6, 6.07) is 6.77. The van der Waals surface area contributed by atoms with E-state index in [2.05, 4.69) is 16.0 Å². The number of hydrogen-bond donors (Lipinski definition) is 4. The van der Waals surface area contributed by atoms with E-state index < -0.39 is 12.1 Å². The number of amides is 3. The molecule has 0 saturated carbocycles. The zero-order chi connectivity index (χ0) is 16.5. The summed E-state index contributed by atoms with van der Waals surface area (Å²) < 4.78 is 0. The SMILES string of the molecule is CCN[C@H](C)CNC(=O)CC(NC(N)=O)c1ccccc1C.Cl. The summed E-state index contributed by atoms with van der Waals surface area (Å²) in [6.45, 7) is 7.36. The van der Waals surface area contributed by atoms with Gasteiger partial charge in [0.05, 0.1) is 12.5 Å². The zero-order valence-corrected chi connectivity index (χ0v) is 14.7. The lowest BCUT2D eigenvalue weighted by Crippen LogP contribution is -2.41. The quantitative estimate of drug-likeness (QED) is 0.578. The van der Waals surface area contributed by atoms with E-state index in [0.29, 0.717) is 6.54 Å². The number of primary amides is 1. The fourth-order valence-corrected chi connectivity index (χ4v) is 2.33. The summed E-state index contributed by atoms with van der Waals surface area (Å²) >= 11 is 0. The number of aryl methyl sites for hydroxylation is 1. The van der Waals surface area contributed by atoms with Gasteiger partial charge >= 0.3 is 6.03 Å². The molecule has 0 saturated heterocycles. The van der Waals surface area contributed by atoms with Gasteiger partial charge in [0.1, 0.15) is 0 Å². The second-order valence-electron chi connectivity index (χ2n) is 5.38. The third-order valence-corrected chi connectivity index (χ3v) is 3.43. The summed E-state index contributed by atoms with van der Waals surface area (Å²) in [7, 11) is 0. The first-order valence-electron chi connectivity index (χ1n) is 7.55. The van der Waals surface area contributed by atoms with Crippen LogP contribution in [0.2, 0.25) is 0 Å². The second kappa shape index (κ2) is 10.9. The maximum Gasteiger partial charge on any atom is 0.312 e. The smallest absolute Gasteiger partial charge is 0.312 e. The van der Waals surface area contributed by atoms with Gasteiger partial charge in [0.2, 0.25) is 5.91 Å². The molecule has 1 rings (SSSR count). The van der Waals surface area contributed by atoms with Gasteiger partial charge in [-0.25, -0.2) is 4.79 Å². The number of likely N-dealkylation sites (N-methyl/N-ethyl adjacent to an activating group) is 1. The van der Waals surface area contributed by atoms with E-state index in [1.165, 1.54) is 0 Å². The maximum absolute atomic E-state index is 12.1. The number of carbonyl (C=O) groups excluding carboxylic acids is 2. The third-order valence-electron chi connectivity index (χ3n) is 3.43. The Labute approximate surface area is 144 Å². The number of nitrogens with one attached hydrogen (secondary N) is 3. The lowest BCUT2D eigenvalue weighted by Gasteiger charge is -2.20. The fourth-order valence-electron chi connectivity index (χ4n) is 2.33. The van der Waals surface area contributed by atoms with E-state index in [1.807, 2.05) is 45.0 Å². The zero-order valence-electron chi connectivity index (χ0n) is 13.9. The Morgan fingerprint density at radius 1 is 1.26 bits per heavy atom. The number of hydrogen-bond acceptors (Lipinski definition) is 3. The molecular weight excluding hydrogens is 316 g/mol. The first-order chi connectivity index (χ1) is 10.4. The van der Waals surface area contributed by atoms with E-state index in [4.69, 9.17) is 5.73 Å². The van der Waals surface area contributed by atoms with Crippen LogP contribution in [-0.4, -0.2) is 31.1 Å². The minimum atomic E-state index is -0.637. The minimum absolute atomic E-state index is 0. The topological polar surface area (TPSA) is 96.2 Å². The van der Waals surface area contributed by atoms with E-state index in [-0.39, 0.29) is 30.8 Å². The Bertz CT molecular complexity index is 511. The average molecular weight is 343 g/mol. The molecule has 0 aliphatic rings. The first-order valence-corrected chi connectivity index (χ1v) is 7.55. The van der Waals surface area contributed by atoms with Crippen molar-refractivity contribution < 1.29 is 9.59 Å². The number of carbonyl (C=O) groups is 2. The van der Waals surface area contributed by atoms with E-state index in [0.717, 1.165) is 17.7 Å². The molecule has 6 nitrogen and oxygen atoms in total. The molecule has 0 bridgehead atoms. The Balaban J connectivity index is 0.00000484. The summed E-state index contributed by atoms with van der Waals surface area (Å²) in [6.07, 6.45) is 0.159. The molecule has 0 fully saturated rings. The third kappa shape index (κ3) is 7.85. The van der Waals surface area contributed by atoms with Gasteiger partial charge in [0.15, 0.2) is 0 Å². The van der Waals surface area contributed by atoms with Crippen LogP contribution in [0.1, 0.15) is 37.4 Å². The summed E-state index contributed by atoms with van der Waals surface area (Å²) in [5.74, 6) is -0.119. The highest BCUT2D eigenvalue weighted by Crippen LogP contribution is 2.20. The molecule has 130 valence electrons. The van der Waals surface area contributed by atoms with Gasteiger partial charge in [-0.05, 0) is 31.5 Å². The number of rotatable bonds is 8. The molecule has 1 aromatic carbocycles. The van der Waals surface area contributed by atoms with Gasteiger partial charge in [-0.15, -0.1) is 12.4 Å². The Kier molecular flexibility index (Phi) is 10.0. The Morgan fingerprint density at radius 2 is 1.91 bits per heavy atom. The van der Waals surface area contributed by atoms with Crippen LogP contribution in [0.25, 0.3) is 0 Å². The molecule has 5 N–H and O–H groups in total. The van der Waals surface area contributed by atoms with Crippen LogP contribution in [0.3, 0.4) is 0 Å². The summed E-state index contributed by atoms with van der Waals surface area (Å²) in [5.41, 5.74) is 7.14. The standard InChI is InChI=1S/C16H26N4O2.ClH/c1-4-18-12(3)10-19-15(21)9-14(20-16(17)22)13-8-6-5-7-11(13)2;/h5-8,12,14,18H,4,9-10H2,1-3H3,(H,19,21)(H3,17,20,22);1H/t12-,14?;/m1./s1. The molecule has 0 aliphatic carbocycles. The molecule has 7 heteroatoms. The largest absolute Gasteiger partial charge is 0.354 e. The predicted molar refractivity (Wildman–Crippen MR) is 94.7 cm³/mol. The highest BCUT2D eigenvalue weighted by molar-refractivity contribution is 5.85. The van der Waals surface area contributed by atoms with Crippen LogP contribution >= 0.6 is 12.4 Å². The fraction of sp³-hybridized carbons (Fsp3) is 0.500. The molecule has 1 unspecified atom stereocenters. The van der Waals surface area contributed by atoms with Crippen molar-refractivity contribution in [3.63, 3.8) is 0 Å². The van der Waals surface area contributed by atoms with Gasteiger partial charge in [0, 0.05) is 12.6 Å². The molecule has 0 spiro atoms. The lowest BCUT2D eigenvalue weighted by molar-refractivity contribution is -0.121. The minimum Gasteiger partial charge on any atom is -0.354 e. The number of halogens is 1. The molecule has 2 atom stereocenters. The average Bonchev–Trinajstić information content (AvgIpc) is 2.45. The van der Waals surface area contributed by atoms with Crippen LogP contribution < -0.4 is 21.7 Å². The molecular formula is C16H27ClN4O2. The summed E-state index contributed by atoms with van der Waals surface area (Å²) in [4.78, 5) is 23.3. The van der Waals surface area contributed by atoms with Crippen molar-refractivity contribution in [1.29, 1.82) is 0 Å². The van der Waals surface area contributed by atoms with E-state index in [1.54, 1.807) is 0 Å². The molecule has 0 radical (unpaired) electrons. The van der Waals surface area contributed by atoms with E-state index in [9.17, 15) is 9.59 Å². The van der Waals surface area contributed by atoms with Crippen LogP contribution in [0, 0.1) is 6.92 Å². The molecule has 0 heterocycles. The van der Waals surface area contributed by atoms with Crippen LogP contribution in [0.15, 0.2) is 24.3 Å². The van der Waals surface area contributed by atoms with Crippen molar-refractivity contribution in [2.45, 2.75) is 39.3 Å². The van der Waals surface area contributed by atoms with Crippen LogP contribution in [0.4, 0.5) is 4.79 Å². The highest BCUT2D eigenvalue weighted by Gasteiger charge is 2.19. The lowest BCUT2D eigenvalue weighted by atomic mass is 9.98. The first kappa shape index (κ1) is 21.2. The van der Waals surface area contributed by atoms with Crippen molar-refractivity contribution in [1.82, 2.24) is 16.0 Å². The number of benzene rings is 1. The summed E-state index contributed by atoms with van der Waals surface area (Å²) in [5, 5.41) is 8.73. The Hall–Kier alpha value is -1.79. The predicted octanol–water partition coefficient (Wildman–Crippen LogP) is 1.63. The molecule has 3 amide bonds. The Morgan fingerprint density at radius 3 is 2.48 bits per heavy atom. The van der Waals surface area contributed by atoms with Gasteiger partial charge in [0.25, 0.3) is 0 Å². The van der Waals surface area contributed by atoms with Crippen molar-refractivity contribution in [3.8, 4) is 0 Å². The number of urea groups is 1. The number of nitrogens with two attached hydrogens (primary N) is 1. The van der Waals surface area contributed by atoms with E-state index >= 15 is 0 Å². The second-order valence-corrected chi connectivity index (χ2v) is 5.38. The highest BCUT2D eigenvalue weighted by atomic mass is 35.5. The monoisotopic (exact) mass is 342 g/mol. The maximum atomic E-state index is 12.1. The van der Waals surface area contributed by atoms with Crippen LogP contribution in [-0.2, 0) is 4.79 Å². The molecule has 0 aromatic heterocycles. The van der Waals surface area contributed by atoms with Gasteiger partial charge < -0.3 is 21.7 Å².